The van der Waals surface area contributed by atoms with E-state index in [-0.39, 0.29) is 23.3 Å². The molecule has 0 saturated carbocycles. The van der Waals surface area contributed by atoms with Gasteiger partial charge in [0.1, 0.15) is 0 Å². The SMILES string of the molecule is COc1ccc(C(=O)N2CCC(C)C(CN)C2)cc1[N+](=O)[O-]. The number of ether oxygens (including phenoxy) is 1. The van der Waals surface area contributed by atoms with E-state index in [0.29, 0.717) is 31.1 Å². The second kappa shape index (κ2) is 6.74. The fourth-order valence-corrected chi connectivity index (χ4v) is 2.79. The van der Waals surface area contributed by atoms with Gasteiger partial charge in [0.15, 0.2) is 5.75 Å². The average Bonchev–Trinajstić information content (AvgIpc) is 2.53. The van der Waals surface area contributed by atoms with Gasteiger partial charge in [0.2, 0.25) is 0 Å². The highest BCUT2D eigenvalue weighted by Crippen LogP contribution is 2.29. The maximum atomic E-state index is 12.6. The van der Waals surface area contributed by atoms with Crippen molar-refractivity contribution in [3.8, 4) is 5.75 Å². The Morgan fingerprint density at radius 2 is 2.27 bits per heavy atom. The van der Waals surface area contributed by atoms with Crippen molar-refractivity contribution in [1.82, 2.24) is 4.90 Å². The number of benzene rings is 1. The minimum absolute atomic E-state index is 0.147. The molecule has 1 amide bonds. The normalized spacial score (nSPS) is 21.5. The second-order valence-electron chi connectivity index (χ2n) is 5.66. The molecule has 0 spiro atoms. The summed E-state index contributed by atoms with van der Waals surface area (Å²) in [7, 11) is 1.36. The van der Waals surface area contributed by atoms with Crippen LogP contribution in [0.5, 0.6) is 5.75 Å². The lowest BCUT2D eigenvalue weighted by Gasteiger charge is -2.36. The minimum atomic E-state index is -0.545. The van der Waals surface area contributed by atoms with Crippen molar-refractivity contribution in [2.45, 2.75) is 13.3 Å². The third kappa shape index (κ3) is 3.19. The van der Waals surface area contributed by atoms with Crippen molar-refractivity contribution >= 4 is 11.6 Å². The zero-order chi connectivity index (χ0) is 16.3. The van der Waals surface area contributed by atoms with Crippen LogP contribution in [0.1, 0.15) is 23.7 Å². The van der Waals surface area contributed by atoms with E-state index in [1.165, 1.54) is 19.2 Å². The summed E-state index contributed by atoms with van der Waals surface area (Å²) in [5.74, 6) is 0.704. The molecule has 2 rings (SSSR count). The van der Waals surface area contributed by atoms with Crippen molar-refractivity contribution in [2.24, 2.45) is 17.6 Å². The summed E-state index contributed by atoms with van der Waals surface area (Å²) in [4.78, 5) is 24.8. The average molecular weight is 307 g/mol. The first kappa shape index (κ1) is 16.2. The van der Waals surface area contributed by atoms with Crippen molar-refractivity contribution in [3.05, 3.63) is 33.9 Å². The molecule has 2 unspecified atom stereocenters. The number of methoxy groups -OCH3 is 1. The van der Waals surface area contributed by atoms with Gasteiger partial charge in [0, 0.05) is 24.7 Å². The topological polar surface area (TPSA) is 98.7 Å². The molecule has 7 heteroatoms. The van der Waals surface area contributed by atoms with E-state index in [9.17, 15) is 14.9 Å². The number of carbonyl (C=O) groups excluding carboxylic acids is 1. The molecular formula is C15H21N3O4. The first-order chi connectivity index (χ1) is 10.5. The van der Waals surface area contributed by atoms with Gasteiger partial charge in [-0.05, 0) is 36.9 Å². The van der Waals surface area contributed by atoms with Crippen LogP contribution in [0.4, 0.5) is 5.69 Å². The summed E-state index contributed by atoms with van der Waals surface area (Å²) >= 11 is 0. The summed E-state index contributed by atoms with van der Waals surface area (Å²) in [6, 6.07) is 4.29. The largest absolute Gasteiger partial charge is 0.490 e. The van der Waals surface area contributed by atoms with Crippen LogP contribution in [-0.4, -0.2) is 42.5 Å². The molecule has 1 saturated heterocycles. The molecule has 0 aliphatic carbocycles. The maximum Gasteiger partial charge on any atom is 0.311 e. The summed E-state index contributed by atoms with van der Waals surface area (Å²) in [5, 5.41) is 11.1. The second-order valence-corrected chi connectivity index (χ2v) is 5.66. The van der Waals surface area contributed by atoms with Crippen LogP contribution in [0.2, 0.25) is 0 Å². The van der Waals surface area contributed by atoms with E-state index in [4.69, 9.17) is 10.5 Å². The Morgan fingerprint density at radius 3 is 2.86 bits per heavy atom. The zero-order valence-electron chi connectivity index (χ0n) is 12.8. The molecule has 1 fully saturated rings. The van der Waals surface area contributed by atoms with Crippen molar-refractivity contribution in [2.75, 3.05) is 26.7 Å². The molecule has 1 aromatic carbocycles. The number of hydrogen-bond donors (Lipinski definition) is 1. The molecule has 120 valence electrons. The lowest BCUT2D eigenvalue weighted by molar-refractivity contribution is -0.385. The van der Waals surface area contributed by atoms with Crippen LogP contribution in [0, 0.1) is 22.0 Å². The zero-order valence-corrected chi connectivity index (χ0v) is 12.8. The van der Waals surface area contributed by atoms with Crippen LogP contribution < -0.4 is 10.5 Å². The molecule has 1 heterocycles. The molecule has 0 aromatic heterocycles. The van der Waals surface area contributed by atoms with E-state index < -0.39 is 4.92 Å². The maximum absolute atomic E-state index is 12.6. The van der Waals surface area contributed by atoms with E-state index in [2.05, 4.69) is 6.92 Å². The third-order valence-corrected chi connectivity index (χ3v) is 4.33. The number of rotatable bonds is 4. The van der Waals surface area contributed by atoms with E-state index in [0.717, 1.165) is 6.42 Å². The Balaban J connectivity index is 2.22. The minimum Gasteiger partial charge on any atom is -0.490 e. The molecule has 0 bridgehead atoms. The molecular weight excluding hydrogens is 286 g/mol. The molecule has 0 radical (unpaired) electrons. The number of carbonyl (C=O) groups is 1. The predicted octanol–water partition coefficient (Wildman–Crippen LogP) is 1.66. The number of nitrogens with zero attached hydrogens (tertiary/aromatic N) is 2. The fourth-order valence-electron chi connectivity index (χ4n) is 2.79. The number of nitrogens with two attached hydrogens (primary N) is 1. The Labute approximate surface area is 129 Å². The lowest BCUT2D eigenvalue weighted by Crippen LogP contribution is -2.45. The number of hydrogen-bond acceptors (Lipinski definition) is 5. The number of likely N-dealkylation sites (tertiary alicyclic amines) is 1. The number of nitro groups is 1. The van der Waals surface area contributed by atoms with Gasteiger partial charge in [0.05, 0.1) is 12.0 Å². The van der Waals surface area contributed by atoms with Gasteiger partial charge in [0.25, 0.3) is 5.91 Å². The van der Waals surface area contributed by atoms with E-state index >= 15 is 0 Å². The first-order valence-electron chi connectivity index (χ1n) is 7.29. The van der Waals surface area contributed by atoms with Gasteiger partial charge < -0.3 is 15.4 Å². The van der Waals surface area contributed by atoms with Crippen LogP contribution in [0.25, 0.3) is 0 Å². The summed E-state index contributed by atoms with van der Waals surface area (Å²) in [5.41, 5.74) is 5.86. The van der Waals surface area contributed by atoms with Gasteiger partial charge in [-0.1, -0.05) is 6.92 Å². The van der Waals surface area contributed by atoms with Crippen LogP contribution >= 0.6 is 0 Å². The fraction of sp³-hybridized carbons (Fsp3) is 0.533. The quantitative estimate of drug-likeness (QED) is 0.673. The summed E-state index contributed by atoms with van der Waals surface area (Å²) in [6.07, 6.45) is 0.895. The number of amides is 1. The third-order valence-electron chi connectivity index (χ3n) is 4.33. The molecule has 2 atom stereocenters. The molecule has 1 aliphatic rings. The van der Waals surface area contributed by atoms with Crippen LogP contribution in [0.15, 0.2) is 18.2 Å². The number of nitro benzene ring substituents is 1. The standard InChI is InChI=1S/C15H21N3O4/c1-10-5-6-17(9-12(10)8-16)15(19)11-3-4-14(22-2)13(7-11)18(20)21/h3-4,7,10,12H,5-6,8-9,16H2,1-2H3. The van der Waals surface area contributed by atoms with Gasteiger partial charge in [-0.25, -0.2) is 0 Å². The van der Waals surface area contributed by atoms with E-state index in [1.54, 1.807) is 11.0 Å². The van der Waals surface area contributed by atoms with Gasteiger partial charge >= 0.3 is 5.69 Å². The van der Waals surface area contributed by atoms with Crippen molar-refractivity contribution in [3.63, 3.8) is 0 Å². The van der Waals surface area contributed by atoms with Crippen LogP contribution in [-0.2, 0) is 0 Å². The Morgan fingerprint density at radius 1 is 1.55 bits per heavy atom. The smallest absolute Gasteiger partial charge is 0.311 e. The highest BCUT2D eigenvalue weighted by Gasteiger charge is 2.29. The van der Waals surface area contributed by atoms with Gasteiger partial charge in [-0.3, -0.25) is 14.9 Å². The highest BCUT2D eigenvalue weighted by atomic mass is 16.6. The van der Waals surface area contributed by atoms with Gasteiger partial charge in [-0.2, -0.15) is 0 Å². The lowest BCUT2D eigenvalue weighted by atomic mass is 9.87. The van der Waals surface area contributed by atoms with Crippen LogP contribution in [0.3, 0.4) is 0 Å². The Kier molecular flexibility index (Phi) is 4.97. The van der Waals surface area contributed by atoms with E-state index in [1.807, 2.05) is 0 Å². The highest BCUT2D eigenvalue weighted by molar-refractivity contribution is 5.95. The molecule has 1 aromatic rings. The first-order valence-corrected chi connectivity index (χ1v) is 7.29. The van der Waals surface area contributed by atoms with Crippen molar-refractivity contribution in [1.29, 1.82) is 0 Å². The van der Waals surface area contributed by atoms with Gasteiger partial charge in [-0.15, -0.1) is 0 Å². The summed E-state index contributed by atoms with van der Waals surface area (Å²) < 4.78 is 4.95. The molecule has 22 heavy (non-hydrogen) atoms. The summed E-state index contributed by atoms with van der Waals surface area (Å²) in [6.45, 7) is 3.91. The molecule has 1 aliphatic heterocycles. The van der Waals surface area contributed by atoms with Crippen molar-refractivity contribution < 1.29 is 14.5 Å². The predicted molar refractivity (Wildman–Crippen MR) is 81.9 cm³/mol. The Hall–Kier alpha value is -2.15. The Bertz CT molecular complexity index is 576. The monoisotopic (exact) mass is 307 g/mol. The molecule has 7 nitrogen and oxygen atoms in total. The number of piperidine rings is 1. The molecule has 2 N–H and O–H groups in total.